The van der Waals surface area contributed by atoms with Crippen LogP contribution in [0.5, 0.6) is 5.75 Å². The van der Waals surface area contributed by atoms with Gasteiger partial charge in [-0.2, -0.15) is 4.68 Å². The minimum Gasteiger partial charge on any atom is -0.497 e. The summed E-state index contributed by atoms with van der Waals surface area (Å²) in [7, 11) is -2.18. The van der Waals surface area contributed by atoms with Gasteiger partial charge in [0, 0.05) is 0 Å². The van der Waals surface area contributed by atoms with Crippen LogP contribution in [-0.4, -0.2) is 35.7 Å². The van der Waals surface area contributed by atoms with Crippen molar-refractivity contribution in [3.05, 3.63) is 54.4 Å². The van der Waals surface area contributed by atoms with Crippen LogP contribution < -0.4 is 9.46 Å². The Labute approximate surface area is 139 Å². The van der Waals surface area contributed by atoms with E-state index in [1.54, 1.807) is 43.3 Å². The molecule has 0 aliphatic carbocycles. The molecule has 0 bridgehead atoms. The fourth-order valence-corrected chi connectivity index (χ4v) is 3.19. The number of aromatic nitrogens is 4. The number of aryl methyl sites for hydroxylation is 1. The standard InChI is InChI=1S/C15H15N5O3S/c1-11-16-18-19-20(11)13-5-3-4-12(10-13)17-24(21,22)15-8-6-14(23-2)7-9-15/h3-10,17H,1-2H3. The van der Waals surface area contributed by atoms with Crippen molar-refractivity contribution in [1.29, 1.82) is 0 Å². The Bertz CT molecular complexity index is 951. The second kappa shape index (κ2) is 6.28. The normalized spacial score (nSPS) is 11.2. The van der Waals surface area contributed by atoms with Crippen LogP contribution in [0.1, 0.15) is 5.82 Å². The lowest BCUT2D eigenvalue weighted by Gasteiger charge is -2.10. The third-order valence-corrected chi connectivity index (χ3v) is 4.74. The molecular weight excluding hydrogens is 330 g/mol. The predicted octanol–water partition coefficient (Wildman–Crippen LogP) is 1.78. The summed E-state index contributed by atoms with van der Waals surface area (Å²) >= 11 is 0. The van der Waals surface area contributed by atoms with Crippen LogP contribution in [0.15, 0.2) is 53.4 Å². The quantitative estimate of drug-likeness (QED) is 0.757. The van der Waals surface area contributed by atoms with Gasteiger partial charge >= 0.3 is 0 Å². The average Bonchev–Trinajstić information content (AvgIpc) is 3.01. The molecule has 3 rings (SSSR count). The molecule has 0 aliphatic rings. The summed E-state index contributed by atoms with van der Waals surface area (Å²) in [5, 5.41) is 11.3. The highest BCUT2D eigenvalue weighted by molar-refractivity contribution is 7.92. The van der Waals surface area contributed by atoms with Crippen LogP contribution in [0.4, 0.5) is 5.69 Å². The van der Waals surface area contributed by atoms with Gasteiger partial charge in [-0.05, 0) is 59.8 Å². The number of hydrogen-bond acceptors (Lipinski definition) is 6. The van der Waals surface area contributed by atoms with Gasteiger partial charge in [0.2, 0.25) is 0 Å². The molecule has 1 N–H and O–H groups in total. The first-order valence-corrected chi connectivity index (χ1v) is 8.50. The zero-order valence-corrected chi connectivity index (χ0v) is 13.9. The molecular formula is C15H15N5O3S. The van der Waals surface area contributed by atoms with E-state index in [1.807, 2.05) is 0 Å². The maximum Gasteiger partial charge on any atom is 0.261 e. The molecule has 3 aromatic rings. The van der Waals surface area contributed by atoms with Gasteiger partial charge in [-0.25, -0.2) is 8.42 Å². The van der Waals surface area contributed by atoms with E-state index in [0.29, 0.717) is 22.9 Å². The van der Waals surface area contributed by atoms with Gasteiger partial charge in [0.05, 0.1) is 23.4 Å². The van der Waals surface area contributed by atoms with Gasteiger partial charge in [-0.1, -0.05) is 6.07 Å². The summed E-state index contributed by atoms with van der Waals surface area (Å²) in [6.45, 7) is 1.76. The van der Waals surface area contributed by atoms with E-state index >= 15 is 0 Å². The summed E-state index contributed by atoms with van der Waals surface area (Å²) in [6.07, 6.45) is 0. The van der Waals surface area contributed by atoms with Crippen LogP contribution in [0.2, 0.25) is 0 Å². The van der Waals surface area contributed by atoms with E-state index in [9.17, 15) is 8.42 Å². The molecule has 2 aromatic carbocycles. The van der Waals surface area contributed by atoms with Gasteiger partial charge in [0.1, 0.15) is 5.75 Å². The summed E-state index contributed by atoms with van der Waals surface area (Å²) in [5.41, 5.74) is 1.07. The van der Waals surface area contributed by atoms with Crippen molar-refractivity contribution in [2.24, 2.45) is 0 Å². The number of rotatable bonds is 5. The maximum absolute atomic E-state index is 12.5. The van der Waals surface area contributed by atoms with Crippen molar-refractivity contribution in [1.82, 2.24) is 20.2 Å². The lowest BCUT2D eigenvalue weighted by molar-refractivity contribution is 0.414. The van der Waals surface area contributed by atoms with Crippen LogP contribution in [0, 0.1) is 6.92 Å². The number of nitrogens with zero attached hydrogens (tertiary/aromatic N) is 4. The zero-order chi connectivity index (χ0) is 17.2. The van der Waals surface area contributed by atoms with Gasteiger partial charge in [0.15, 0.2) is 5.82 Å². The molecule has 1 aromatic heterocycles. The van der Waals surface area contributed by atoms with E-state index in [0.717, 1.165) is 0 Å². The molecule has 1 heterocycles. The molecule has 9 heteroatoms. The molecule has 0 spiro atoms. The fraction of sp³-hybridized carbons (Fsp3) is 0.133. The lowest BCUT2D eigenvalue weighted by atomic mass is 10.3. The molecule has 0 saturated carbocycles. The van der Waals surface area contributed by atoms with E-state index < -0.39 is 10.0 Å². The van der Waals surface area contributed by atoms with E-state index in [4.69, 9.17) is 4.74 Å². The highest BCUT2D eigenvalue weighted by Crippen LogP contribution is 2.21. The molecule has 0 amide bonds. The van der Waals surface area contributed by atoms with Crippen LogP contribution in [-0.2, 0) is 10.0 Å². The van der Waals surface area contributed by atoms with Gasteiger partial charge < -0.3 is 4.74 Å². The first-order chi connectivity index (χ1) is 11.5. The third kappa shape index (κ3) is 3.20. The predicted molar refractivity (Wildman–Crippen MR) is 87.7 cm³/mol. The van der Waals surface area contributed by atoms with Gasteiger partial charge in [-0.3, -0.25) is 4.72 Å². The third-order valence-electron chi connectivity index (χ3n) is 3.34. The SMILES string of the molecule is COc1ccc(S(=O)(=O)Nc2cccc(-n3nnnc3C)c2)cc1. The molecule has 8 nitrogen and oxygen atoms in total. The highest BCUT2D eigenvalue weighted by atomic mass is 32.2. The second-order valence-electron chi connectivity index (χ2n) is 4.97. The van der Waals surface area contributed by atoms with Crippen molar-refractivity contribution in [2.45, 2.75) is 11.8 Å². The monoisotopic (exact) mass is 345 g/mol. The second-order valence-corrected chi connectivity index (χ2v) is 6.65. The minimum atomic E-state index is -3.70. The van der Waals surface area contributed by atoms with Crippen molar-refractivity contribution < 1.29 is 13.2 Å². The molecule has 0 fully saturated rings. The topological polar surface area (TPSA) is 99.0 Å². The molecule has 0 radical (unpaired) electrons. The number of sulfonamides is 1. The lowest BCUT2D eigenvalue weighted by Crippen LogP contribution is -2.13. The molecule has 0 saturated heterocycles. The summed E-state index contributed by atoms with van der Waals surface area (Å²) < 4.78 is 34.0. The first kappa shape index (κ1) is 15.9. The number of nitrogens with one attached hydrogen (secondary N) is 1. The summed E-state index contributed by atoms with van der Waals surface area (Å²) in [4.78, 5) is 0.146. The van der Waals surface area contributed by atoms with Crippen LogP contribution in [0.25, 0.3) is 5.69 Å². The van der Waals surface area contributed by atoms with E-state index in [2.05, 4.69) is 20.2 Å². The van der Waals surface area contributed by atoms with Crippen molar-refractivity contribution in [2.75, 3.05) is 11.8 Å². The van der Waals surface area contributed by atoms with Gasteiger partial charge in [-0.15, -0.1) is 5.10 Å². The number of hydrogen-bond donors (Lipinski definition) is 1. The maximum atomic E-state index is 12.5. The Hall–Kier alpha value is -2.94. The average molecular weight is 345 g/mol. The number of ether oxygens (including phenoxy) is 1. The molecule has 124 valence electrons. The largest absolute Gasteiger partial charge is 0.497 e. The minimum absolute atomic E-state index is 0.146. The van der Waals surface area contributed by atoms with E-state index in [1.165, 1.54) is 23.9 Å². The summed E-state index contributed by atoms with van der Waals surface area (Å²) in [6, 6.07) is 13.0. The van der Waals surface area contributed by atoms with Crippen molar-refractivity contribution in [3.8, 4) is 11.4 Å². The van der Waals surface area contributed by atoms with Crippen LogP contribution in [0.3, 0.4) is 0 Å². The Morgan fingerprint density at radius 2 is 1.88 bits per heavy atom. The Morgan fingerprint density at radius 1 is 1.12 bits per heavy atom. The van der Waals surface area contributed by atoms with Crippen molar-refractivity contribution in [3.63, 3.8) is 0 Å². The first-order valence-electron chi connectivity index (χ1n) is 7.02. The number of anilines is 1. The van der Waals surface area contributed by atoms with Gasteiger partial charge in [0.25, 0.3) is 10.0 Å². The molecule has 0 atom stereocenters. The number of tetrazole rings is 1. The molecule has 24 heavy (non-hydrogen) atoms. The Morgan fingerprint density at radius 3 is 2.50 bits per heavy atom. The zero-order valence-electron chi connectivity index (χ0n) is 13.0. The van der Waals surface area contributed by atoms with E-state index in [-0.39, 0.29) is 4.90 Å². The highest BCUT2D eigenvalue weighted by Gasteiger charge is 2.15. The Kier molecular flexibility index (Phi) is 4.17. The van der Waals surface area contributed by atoms with Crippen molar-refractivity contribution >= 4 is 15.7 Å². The smallest absolute Gasteiger partial charge is 0.261 e. The molecule has 0 unspecified atom stereocenters. The van der Waals surface area contributed by atoms with Crippen LogP contribution >= 0.6 is 0 Å². The number of benzene rings is 2. The molecule has 0 aliphatic heterocycles. The summed E-state index contributed by atoms with van der Waals surface area (Å²) in [5.74, 6) is 1.19. The number of methoxy groups -OCH3 is 1. The fourth-order valence-electron chi connectivity index (χ4n) is 2.14. The Balaban J connectivity index is 1.88.